The standard InChI is InChI=1S/C15H24N2O3S/c1-4-10(2)11(3)17-21(18,19)14-9-13(16)8-12-6-5-7-20-15(12)14/h8-11,17H,4-7,16H2,1-3H3. The van der Waals surface area contributed by atoms with Gasteiger partial charge in [0, 0.05) is 11.7 Å². The average Bonchev–Trinajstić information content (AvgIpc) is 2.44. The van der Waals surface area contributed by atoms with Crippen LogP contribution in [0.15, 0.2) is 17.0 Å². The molecule has 118 valence electrons. The lowest BCUT2D eigenvalue weighted by Gasteiger charge is -2.24. The number of aryl methyl sites for hydroxylation is 1. The van der Waals surface area contributed by atoms with Gasteiger partial charge in [-0.05, 0) is 43.4 Å². The number of anilines is 1. The van der Waals surface area contributed by atoms with Gasteiger partial charge in [0.05, 0.1) is 6.61 Å². The van der Waals surface area contributed by atoms with Crippen molar-refractivity contribution in [3.63, 3.8) is 0 Å². The van der Waals surface area contributed by atoms with E-state index in [1.807, 2.05) is 20.8 Å². The molecule has 0 fully saturated rings. The summed E-state index contributed by atoms with van der Waals surface area (Å²) in [5.41, 5.74) is 7.18. The largest absolute Gasteiger partial charge is 0.492 e. The maximum atomic E-state index is 12.6. The fraction of sp³-hybridized carbons (Fsp3) is 0.600. The van der Waals surface area contributed by atoms with Gasteiger partial charge in [0.25, 0.3) is 0 Å². The third-order valence-corrected chi connectivity index (χ3v) is 5.68. The Kier molecular flexibility index (Phi) is 4.78. The Balaban J connectivity index is 2.38. The third-order valence-electron chi connectivity index (χ3n) is 4.12. The van der Waals surface area contributed by atoms with Crippen LogP contribution >= 0.6 is 0 Å². The Morgan fingerprint density at radius 2 is 2.10 bits per heavy atom. The second-order valence-corrected chi connectivity index (χ2v) is 7.44. The number of nitrogen functional groups attached to an aromatic ring is 1. The third kappa shape index (κ3) is 3.49. The first-order valence-electron chi connectivity index (χ1n) is 7.42. The number of nitrogens with two attached hydrogens (primary N) is 1. The van der Waals surface area contributed by atoms with Crippen molar-refractivity contribution in [1.29, 1.82) is 0 Å². The quantitative estimate of drug-likeness (QED) is 0.817. The van der Waals surface area contributed by atoms with E-state index in [1.165, 1.54) is 6.07 Å². The Labute approximate surface area is 126 Å². The molecule has 6 heteroatoms. The summed E-state index contributed by atoms with van der Waals surface area (Å²) in [6, 6.07) is 3.14. The summed E-state index contributed by atoms with van der Waals surface area (Å²) in [6.45, 7) is 6.49. The summed E-state index contributed by atoms with van der Waals surface area (Å²) in [6.07, 6.45) is 2.59. The van der Waals surface area contributed by atoms with Gasteiger partial charge < -0.3 is 10.5 Å². The molecular weight excluding hydrogens is 288 g/mol. The first kappa shape index (κ1) is 16.1. The molecule has 1 aromatic rings. The fourth-order valence-corrected chi connectivity index (χ4v) is 4.02. The summed E-state index contributed by atoms with van der Waals surface area (Å²) in [4.78, 5) is 0.160. The second-order valence-electron chi connectivity index (χ2n) is 5.75. The van der Waals surface area contributed by atoms with Crippen LogP contribution in [0.2, 0.25) is 0 Å². The van der Waals surface area contributed by atoms with Gasteiger partial charge >= 0.3 is 0 Å². The van der Waals surface area contributed by atoms with Crippen LogP contribution in [0.4, 0.5) is 5.69 Å². The van der Waals surface area contributed by atoms with Gasteiger partial charge in [-0.3, -0.25) is 0 Å². The molecular formula is C15H24N2O3S. The molecule has 0 aromatic heterocycles. The Bertz CT molecular complexity index is 614. The van der Waals surface area contributed by atoms with Crippen molar-refractivity contribution in [2.45, 2.75) is 51.0 Å². The number of sulfonamides is 1. The molecule has 21 heavy (non-hydrogen) atoms. The fourth-order valence-electron chi connectivity index (χ4n) is 2.45. The molecule has 0 radical (unpaired) electrons. The minimum Gasteiger partial charge on any atom is -0.492 e. The van der Waals surface area contributed by atoms with Crippen LogP contribution in [-0.4, -0.2) is 21.1 Å². The average molecular weight is 312 g/mol. The van der Waals surface area contributed by atoms with Gasteiger partial charge in [0.2, 0.25) is 10.0 Å². The minimum atomic E-state index is -3.63. The van der Waals surface area contributed by atoms with E-state index in [0.717, 1.165) is 24.8 Å². The zero-order chi connectivity index (χ0) is 15.6. The SMILES string of the molecule is CCC(C)C(C)NS(=O)(=O)c1cc(N)cc2c1OCCC2. The van der Waals surface area contributed by atoms with Gasteiger partial charge in [0.1, 0.15) is 10.6 Å². The molecule has 1 aliphatic rings. The van der Waals surface area contributed by atoms with E-state index in [0.29, 0.717) is 18.0 Å². The topological polar surface area (TPSA) is 81.4 Å². The zero-order valence-corrected chi connectivity index (χ0v) is 13.7. The van der Waals surface area contributed by atoms with Gasteiger partial charge in [-0.15, -0.1) is 0 Å². The molecule has 0 aliphatic carbocycles. The predicted molar refractivity (Wildman–Crippen MR) is 83.9 cm³/mol. The Morgan fingerprint density at radius 1 is 1.38 bits per heavy atom. The molecule has 0 amide bonds. The van der Waals surface area contributed by atoms with Crippen LogP contribution in [0.5, 0.6) is 5.75 Å². The molecule has 1 aliphatic heterocycles. The number of fused-ring (bicyclic) bond motifs is 1. The molecule has 0 spiro atoms. The van der Waals surface area contributed by atoms with Crippen LogP contribution in [0, 0.1) is 5.92 Å². The van der Waals surface area contributed by atoms with Crippen molar-refractivity contribution in [2.24, 2.45) is 5.92 Å². The lowest BCUT2D eigenvalue weighted by atomic mass is 10.0. The molecule has 1 aromatic carbocycles. The van der Waals surface area contributed by atoms with Crippen LogP contribution in [0.3, 0.4) is 0 Å². The molecule has 2 rings (SSSR count). The van der Waals surface area contributed by atoms with E-state index in [2.05, 4.69) is 4.72 Å². The first-order chi connectivity index (χ1) is 9.85. The minimum absolute atomic E-state index is 0.138. The van der Waals surface area contributed by atoms with Crippen molar-refractivity contribution >= 4 is 15.7 Å². The van der Waals surface area contributed by atoms with Crippen LogP contribution in [0.25, 0.3) is 0 Å². The highest BCUT2D eigenvalue weighted by Gasteiger charge is 2.27. The highest BCUT2D eigenvalue weighted by molar-refractivity contribution is 7.89. The van der Waals surface area contributed by atoms with Crippen LogP contribution in [0.1, 0.15) is 39.2 Å². The summed E-state index contributed by atoms with van der Waals surface area (Å²) in [5, 5.41) is 0. The number of nitrogens with one attached hydrogen (secondary N) is 1. The number of hydrogen-bond acceptors (Lipinski definition) is 4. The highest BCUT2D eigenvalue weighted by Crippen LogP contribution is 2.34. The van der Waals surface area contributed by atoms with Crippen molar-refractivity contribution < 1.29 is 13.2 Å². The molecule has 0 bridgehead atoms. The molecule has 0 saturated heterocycles. The van der Waals surface area contributed by atoms with Crippen LogP contribution < -0.4 is 15.2 Å². The lowest BCUT2D eigenvalue weighted by molar-refractivity contribution is 0.280. The second kappa shape index (κ2) is 6.23. The van der Waals surface area contributed by atoms with Gasteiger partial charge in [0.15, 0.2) is 0 Å². The van der Waals surface area contributed by atoms with E-state index in [-0.39, 0.29) is 16.9 Å². The maximum Gasteiger partial charge on any atom is 0.244 e. The van der Waals surface area contributed by atoms with Crippen molar-refractivity contribution in [3.8, 4) is 5.75 Å². The molecule has 3 N–H and O–H groups in total. The molecule has 0 saturated carbocycles. The van der Waals surface area contributed by atoms with E-state index < -0.39 is 10.0 Å². The smallest absolute Gasteiger partial charge is 0.244 e. The number of benzene rings is 1. The van der Waals surface area contributed by atoms with Crippen LogP contribution in [-0.2, 0) is 16.4 Å². The van der Waals surface area contributed by atoms with Gasteiger partial charge in [-0.25, -0.2) is 13.1 Å². The normalized spacial score (nSPS) is 17.7. The summed E-state index contributed by atoms with van der Waals surface area (Å²) < 4.78 is 33.6. The molecule has 1 heterocycles. The van der Waals surface area contributed by atoms with Gasteiger partial charge in [-0.1, -0.05) is 20.3 Å². The number of hydrogen-bond donors (Lipinski definition) is 2. The van der Waals surface area contributed by atoms with Gasteiger partial charge in [-0.2, -0.15) is 0 Å². The highest BCUT2D eigenvalue weighted by atomic mass is 32.2. The molecule has 2 unspecified atom stereocenters. The lowest BCUT2D eigenvalue weighted by Crippen LogP contribution is -2.37. The summed E-state index contributed by atoms with van der Waals surface area (Å²) >= 11 is 0. The van der Waals surface area contributed by atoms with E-state index >= 15 is 0 Å². The number of rotatable bonds is 5. The number of ether oxygens (including phenoxy) is 1. The predicted octanol–water partition coefficient (Wildman–Crippen LogP) is 2.31. The summed E-state index contributed by atoms with van der Waals surface area (Å²) in [5.74, 6) is 0.719. The van der Waals surface area contributed by atoms with Crippen molar-refractivity contribution in [1.82, 2.24) is 4.72 Å². The Hall–Kier alpha value is -1.27. The molecule has 2 atom stereocenters. The van der Waals surface area contributed by atoms with Crippen molar-refractivity contribution in [2.75, 3.05) is 12.3 Å². The molecule has 5 nitrogen and oxygen atoms in total. The zero-order valence-electron chi connectivity index (χ0n) is 12.8. The maximum absolute atomic E-state index is 12.6. The van der Waals surface area contributed by atoms with E-state index in [1.54, 1.807) is 6.07 Å². The van der Waals surface area contributed by atoms with E-state index in [9.17, 15) is 8.42 Å². The summed E-state index contributed by atoms with van der Waals surface area (Å²) in [7, 11) is -3.63. The van der Waals surface area contributed by atoms with Crippen molar-refractivity contribution in [3.05, 3.63) is 17.7 Å². The Morgan fingerprint density at radius 3 is 2.76 bits per heavy atom. The first-order valence-corrected chi connectivity index (χ1v) is 8.91. The monoisotopic (exact) mass is 312 g/mol. The van der Waals surface area contributed by atoms with E-state index in [4.69, 9.17) is 10.5 Å².